The SMILES string of the molecule is COc1cccc(C23CCN(CC4CC4)CC2(OC(C)=O)CC[C@H](NC(=O)c2ccccc2)C3)c1. The van der Waals surface area contributed by atoms with Crippen molar-refractivity contribution < 1.29 is 19.1 Å². The second-order valence-corrected chi connectivity index (χ2v) is 10.6. The highest BCUT2D eigenvalue weighted by Crippen LogP contribution is 2.54. The van der Waals surface area contributed by atoms with Gasteiger partial charge < -0.3 is 14.8 Å². The van der Waals surface area contributed by atoms with Crippen LogP contribution in [0.5, 0.6) is 5.75 Å². The van der Waals surface area contributed by atoms with Crippen molar-refractivity contribution in [3.63, 3.8) is 0 Å². The second kappa shape index (κ2) is 9.65. The minimum absolute atomic E-state index is 0.00688. The van der Waals surface area contributed by atoms with Crippen molar-refractivity contribution in [1.82, 2.24) is 10.2 Å². The van der Waals surface area contributed by atoms with Gasteiger partial charge in [0.1, 0.15) is 11.4 Å². The monoisotopic (exact) mass is 476 g/mol. The number of esters is 1. The molecular formula is C29H36N2O4. The fourth-order valence-corrected chi connectivity index (χ4v) is 6.41. The van der Waals surface area contributed by atoms with E-state index in [1.165, 1.54) is 19.8 Å². The molecule has 35 heavy (non-hydrogen) atoms. The second-order valence-electron chi connectivity index (χ2n) is 10.6. The van der Waals surface area contributed by atoms with Crippen LogP contribution in [0.2, 0.25) is 0 Å². The van der Waals surface area contributed by atoms with E-state index in [0.717, 1.165) is 56.1 Å². The van der Waals surface area contributed by atoms with Crippen molar-refractivity contribution in [2.24, 2.45) is 5.92 Å². The predicted molar refractivity (Wildman–Crippen MR) is 134 cm³/mol. The third-order valence-electron chi connectivity index (χ3n) is 8.24. The van der Waals surface area contributed by atoms with Crippen molar-refractivity contribution >= 4 is 11.9 Å². The van der Waals surface area contributed by atoms with Crippen molar-refractivity contribution in [3.05, 3.63) is 65.7 Å². The van der Waals surface area contributed by atoms with Crippen LogP contribution in [0.1, 0.15) is 61.4 Å². The molecule has 186 valence electrons. The molecule has 3 aliphatic rings. The molecule has 0 spiro atoms. The lowest BCUT2D eigenvalue weighted by atomic mass is 9.55. The molecule has 6 nitrogen and oxygen atoms in total. The van der Waals surface area contributed by atoms with E-state index in [1.807, 2.05) is 42.5 Å². The molecule has 2 aliphatic carbocycles. The summed E-state index contributed by atoms with van der Waals surface area (Å²) in [4.78, 5) is 28.0. The number of amides is 1. The van der Waals surface area contributed by atoms with Crippen LogP contribution in [-0.2, 0) is 14.9 Å². The van der Waals surface area contributed by atoms with Crippen LogP contribution in [-0.4, -0.2) is 55.2 Å². The largest absolute Gasteiger partial charge is 0.497 e. The first kappa shape index (κ1) is 23.9. The number of ether oxygens (including phenoxy) is 2. The zero-order valence-corrected chi connectivity index (χ0v) is 20.8. The van der Waals surface area contributed by atoms with Crippen LogP contribution in [0, 0.1) is 5.92 Å². The lowest BCUT2D eigenvalue weighted by Gasteiger charge is -2.59. The van der Waals surface area contributed by atoms with Crippen LogP contribution < -0.4 is 10.1 Å². The Bertz CT molecular complexity index is 1070. The maximum atomic E-state index is 13.0. The number of carbonyl (C=O) groups excluding carboxylic acids is 2. The van der Waals surface area contributed by atoms with Gasteiger partial charge in [0.05, 0.1) is 7.11 Å². The van der Waals surface area contributed by atoms with Gasteiger partial charge in [0.25, 0.3) is 5.91 Å². The third kappa shape index (κ3) is 4.81. The first-order valence-electron chi connectivity index (χ1n) is 12.9. The highest BCUT2D eigenvalue weighted by molar-refractivity contribution is 5.94. The first-order valence-corrected chi connectivity index (χ1v) is 12.9. The van der Waals surface area contributed by atoms with E-state index in [2.05, 4.69) is 22.3 Å². The number of carbonyl (C=O) groups is 2. The van der Waals surface area contributed by atoms with E-state index in [0.29, 0.717) is 12.0 Å². The standard InChI is InChI=1S/C29H36N2O4/c1-21(32)35-29-14-13-25(30-27(33)23-7-4-3-5-8-23)18-28(29,24-9-6-10-26(17-24)34-2)15-16-31(20-29)19-22-11-12-22/h3-10,17,22,25H,11-16,18-20H2,1-2H3,(H,30,33)/t25-,28?,29?/m0/s1. The molecule has 1 saturated heterocycles. The minimum Gasteiger partial charge on any atom is -0.497 e. The number of methoxy groups -OCH3 is 1. The normalized spacial score (nSPS) is 28.6. The summed E-state index contributed by atoms with van der Waals surface area (Å²) in [6, 6.07) is 17.6. The van der Waals surface area contributed by atoms with E-state index >= 15 is 0 Å². The molecule has 1 N–H and O–H groups in total. The highest BCUT2D eigenvalue weighted by atomic mass is 16.6. The number of hydrogen-bond acceptors (Lipinski definition) is 5. The Balaban J connectivity index is 1.50. The van der Waals surface area contributed by atoms with Crippen LogP contribution in [0.15, 0.2) is 54.6 Å². The summed E-state index contributed by atoms with van der Waals surface area (Å²) < 4.78 is 11.9. The van der Waals surface area contributed by atoms with Crippen LogP contribution in [0.4, 0.5) is 0 Å². The minimum atomic E-state index is -0.633. The van der Waals surface area contributed by atoms with E-state index in [-0.39, 0.29) is 17.9 Å². The Morgan fingerprint density at radius 2 is 1.86 bits per heavy atom. The molecule has 1 heterocycles. The molecule has 6 heteroatoms. The Morgan fingerprint density at radius 3 is 2.57 bits per heavy atom. The lowest BCUT2D eigenvalue weighted by molar-refractivity contribution is -0.186. The summed E-state index contributed by atoms with van der Waals surface area (Å²) in [5.74, 6) is 1.28. The number of hydrogen-bond donors (Lipinski definition) is 1. The molecule has 2 saturated carbocycles. The highest BCUT2D eigenvalue weighted by Gasteiger charge is 2.61. The van der Waals surface area contributed by atoms with Gasteiger partial charge in [0, 0.05) is 37.0 Å². The van der Waals surface area contributed by atoms with E-state index in [4.69, 9.17) is 9.47 Å². The zero-order valence-electron chi connectivity index (χ0n) is 20.8. The molecule has 0 aromatic heterocycles. The summed E-state index contributed by atoms with van der Waals surface area (Å²) in [5, 5.41) is 3.29. The Morgan fingerprint density at radius 1 is 1.06 bits per heavy atom. The third-order valence-corrected chi connectivity index (χ3v) is 8.24. The number of rotatable bonds is 7. The summed E-state index contributed by atoms with van der Waals surface area (Å²) in [6.45, 7) is 4.29. The van der Waals surface area contributed by atoms with Gasteiger partial charge in [-0.2, -0.15) is 0 Å². The van der Waals surface area contributed by atoms with Gasteiger partial charge >= 0.3 is 5.97 Å². The van der Waals surface area contributed by atoms with Crippen molar-refractivity contribution in [2.75, 3.05) is 26.7 Å². The topological polar surface area (TPSA) is 67.9 Å². The van der Waals surface area contributed by atoms with Crippen molar-refractivity contribution in [3.8, 4) is 5.75 Å². The molecule has 1 aliphatic heterocycles. The Hall–Kier alpha value is -2.86. The first-order chi connectivity index (χ1) is 16.9. The van der Waals surface area contributed by atoms with E-state index < -0.39 is 11.0 Å². The number of benzene rings is 2. The molecular weight excluding hydrogens is 440 g/mol. The van der Waals surface area contributed by atoms with Crippen molar-refractivity contribution in [1.29, 1.82) is 0 Å². The van der Waals surface area contributed by atoms with Crippen molar-refractivity contribution in [2.45, 2.75) is 62.5 Å². The average Bonchev–Trinajstić information content (AvgIpc) is 3.68. The molecule has 1 amide bonds. The molecule has 0 bridgehead atoms. The van der Waals surface area contributed by atoms with Crippen LogP contribution in [0.3, 0.4) is 0 Å². The van der Waals surface area contributed by atoms with Crippen LogP contribution in [0.25, 0.3) is 0 Å². The van der Waals surface area contributed by atoms with E-state index in [1.54, 1.807) is 7.11 Å². The zero-order chi connectivity index (χ0) is 24.5. The number of nitrogens with one attached hydrogen (secondary N) is 1. The number of nitrogens with zero attached hydrogens (tertiary/aromatic N) is 1. The van der Waals surface area contributed by atoms with Gasteiger partial charge in [0.15, 0.2) is 0 Å². The van der Waals surface area contributed by atoms with Crippen LogP contribution >= 0.6 is 0 Å². The van der Waals surface area contributed by atoms with Gasteiger partial charge in [-0.05, 0) is 80.8 Å². The molecule has 3 fully saturated rings. The molecule has 2 aromatic carbocycles. The molecule has 5 rings (SSSR count). The summed E-state index contributed by atoms with van der Waals surface area (Å²) in [5.41, 5.74) is 0.758. The fourth-order valence-electron chi connectivity index (χ4n) is 6.41. The summed E-state index contributed by atoms with van der Waals surface area (Å²) in [6.07, 6.45) is 5.68. The van der Waals surface area contributed by atoms with Gasteiger partial charge in [-0.15, -0.1) is 0 Å². The number of fused-ring (bicyclic) bond motifs is 1. The fraction of sp³-hybridized carbons (Fsp3) is 0.517. The quantitative estimate of drug-likeness (QED) is 0.603. The summed E-state index contributed by atoms with van der Waals surface area (Å²) >= 11 is 0. The Kier molecular flexibility index (Phi) is 6.58. The lowest BCUT2D eigenvalue weighted by Crippen LogP contribution is -2.68. The average molecular weight is 477 g/mol. The summed E-state index contributed by atoms with van der Waals surface area (Å²) in [7, 11) is 1.68. The maximum absolute atomic E-state index is 13.0. The maximum Gasteiger partial charge on any atom is 0.303 e. The predicted octanol–water partition coefficient (Wildman–Crippen LogP) is 4.33. The molecule has 3 atom stereocenters. The Labute approximate surface area is 208 Å². The number of likely N-dealkylation sites (tertiary alicyclic amines) is 1. The molecule has 2 aromatic rings. The molecule has 2 unspecified atom stereocenters. The van der Waals surface area contributed by atoms with Gasteiger partial charge in [-0.3, -0.25) is 14.5 Å². The number of piperidine rings is 1. The molecule has 0 radical (unpaired) electrons. The van der Waals surface area contributed by atoms with Gasteiger partial charge in [0.2, 0.25) is 0 Å². The van der Waals surface area contributed by atoms with E-state index in [9.17, 15) is 9.59 Å². The van der Waals surface area contributed by atoms with Gasteiger partial charge in [-0.1, -0.05) is 30.3 Å². The smallest absolute Gasteiger partial charge is 0.303 e. The van der Waals surface area contributed by atoms with Gasteiger partial charge in [-0.25, -0.2) is 0 Å².